The third kappa shape index (κ3) is 5.55. The highest BCUT2D eigenvalue weighted by Crippen LogP contribution is 2.41. The molecule has 0 atom stereocenters. The lowest BCUT2D eigenvalue weighted by atomic mass is 9.69. The van der Waals surface area contributed by atoms with Gasteiger partial charge in [-0.05, 0) is 91.0 Å². The van der Waals surface area contributed by atoms with Crippen molar-refractivity contribution in [3.05, 3.63) is 94.0 Å². The quantitative estimate of drug-likeness (QED) is 0.330. The molecule has 0 aliphatic heterocycles. The van der Waals surface area contributed by atoms with Gasteiger partial charge in [0, 0.05) is 11.0 Å². The average Bonchev–Trinajstić information content (AvgIpc) is 2.89. The third-order valence-corrected chi connectivity index (χ3v) is 8.04. The van der Waals surface area contributed by atoms with E-state index in [1.54, 1.807) is 0 Å². The SMILES string of the molecule is CCc1ccc(-c2ccc(C(CC)(CC)c3ccc(C#CC(O)(CC)CC)c(C)c3)cc2C)cc1. The van der Waals surface area contributed by atoms with Crippen molar-refractivity contribution in [2.24, 2.45) is 0 Å². The first kappa shape index (κ1) is 26.8. The molecule has 0 radical (unpaired) electrons. The fourth-order valence-electron chi connectivity index (χ4n) is 5.15. The first-order valence-corrected chi connectivity index (χ1v) is 13.3. The van der Waals surface area contributed by atoms with Crippen LogP contribution in [0.1, 0.15) is 93.7 Å². The molecule has 3 rings (SSSR count). The van der Waals surface area contributed by atoms with E-state index in [0.717, 1.165) is 24.8 Å². The Hall–Kier alpha value is -2.82. The lowest BCUT2D eigenvalue weighted by Crippen LogP contribution is -2.26. The number of benzene rings is 3. The predicted octanol–water partition coefficient (Wildman–Crippen LogP) is 8.54. The molecule has 0 aliphatic carbocycles. The normalized spacial score (nSPS) is 11.8. The second-order valence-corrected chi connectivity index (χ2v) is 9.89. The van der Waals surface area contributed by atoms with Crippen LogP contribution < -0.4 is 0 Å². The highest BCUT2D eigenvalue weighted by atomic mass is 16.3. The van der Waals surface area contributed by atoms with Crippen LogP contribution in [0.4, 0.5) is 0 Å². The van der Waals surface area contributed by atoms with Gasteiger partial charge in [0.05, 0.1) is 0 Å². The van der Waals surface area contributed by atoms with Crippen molar-refractivity contribution >= 4 is 0 Å². The Kier molecular flexibility index (Phi) is 8.63. The number of aryl methyl sites for hydroxylation is 3. The summed E-state index contributed by atoms with van der Waals surface area (Å²) in [5.41, 5.74) is 9.20. The number of aliphatic hydroxyl groups is 1. The molecule has 0 heterocycles. The first-order chi connectivity index (χ1) is 16.8. The lowest BCUT2D eigenvalue weighted by molar-refractivity contribution is 0.0931. The van der Waals surface area contributed by atoms with Crippen molar-refractivity contribution in [3.8, 4) is 23.0 Å². The van der Waals surface area contributed by atoms with Gasteiger partial charge in [-0.15, -0.1) is 0 Å². The smallest absolute Gasteiger partial charge is 0.125 e. The highest BCUT2D eigenvalue weighted by molar-refractivity contribution is 5.68. The Morgan fingerprint density at radius 2 is 1.26 bits per heavy atom. The fraction of sp³-hybridized carbons (Fsp3) is 0.412. The zero-order chi connectivity index (χ0) is 25.6. The lowest BCUT2D eigenvalue weighted by Gasteiger charge is -2.34. The van der Waals surface area contributed by atoms with Crippen LogP contribution in [0.15, 0.2) is 60.7 Å². The molecule has 0 aliphatic rings. The molecule has 35 heavy (non-hydrogen) atoms. The zero-order valence-corrected chi connectivity index (χ0v) is 22.8. The van der Waals surface area contributed by atoms with Gasteiger partial charge in [-0.1, -0.05) is 101 Å². The van der Waals surface area contributed by atoms with E-state index in [1.807, 2.05) is 13.8 Å². The summed E-state index contributed by atoms with van der Waals surface area (Å²) in [6, 6.07) is 22.7. The number of rotatable bonds is 8. The van der Waals surface area contributed by atoms with E-state index in [9.17, 15) is 5.11 Å². The molecule has 0 amide bonds. The van der Waals surface area contributed by atoms with Gasteiger partial charge in [-0.3, -0.25) is 0 Å². The average molecular weight is 467 g/mol. The molecule has 1 N–H and O–H groups in total. The van der Waals surface area contributed by atoms with Crippen molar-refractivity contribution in [2.45, 2.75) is 91.6 Å². The monoisotopic (exact) mass is 466 g/mol. The topological polar surface area (TPSA) is 20.2 Å². The van der Waals surface area contributed by atoms with Gasteiger partial charge in [0.15, 0.2) is 0 Å². The van der Waals surface area contributed by atoms with Crippen LogP contribution in [0.3, 0.4) is 0 Å². The van der Waals surface area contributed by atoms with Gasteiger partial charge in [-0.2, -0.15) is 0 Å². The molecule has 0 unspecified atom stereocenters. The maximum absolute atomic E-state index is 10.6. The molecule has 0 bridgehead atoms. The van der Waals surface area contributed by atoms with E-state index < -0.39 is 5.60 Å². The third-order valence-electron chi connectivity index (χ3n) is 8.04. The fourth-order valence-corrected chi connectivity index (χ4v) is 5.15. The molecule has 3 aromatic rings. The van der Waals surface area contributed by atoms with Crippen LogP contribution in [0.5, 0.6) is 0 Å². The summed E-state index contributed by atoms with van der Waals surface area (Å²) in [6.45, 7) is 15.1. The minimum Gasteiger partial charge on any atom is -0.378 e. The number of hydrogen-bond donors (Lipinski definition) is 1. The summed E-state index contributed by atoms with van der Waals surface area (Å²) >= 11 is 0. The Labute approximate surface area is 213 Å². The van der Waals surface area contributed by atoms with E-state index in [2.05, 4.69) is 107 Å². The molecular formula is C34H42O. The minimum absolute atomic E-state index is 0.0420. The van der Waals surface area contributed by atoms with Crippen LogP contribution in [0.25, 0.3) is 11.1 Å². The van der Waals surface area contributed by atoms with Crippen molar-refractivity contribution in [3.63, 3.8) is 0 Å². The summed E-state index contributed by atoms with van der Waals surface area (Å²) < 4.78 is 0. The van der Waals surface area contributed by atoms with E-state index in [-0.39, 0.29) is 5.41 Å². The molecule has 0 saturated heterocycles. The second kappa shape index (κ2) is 11.3. The van der Waals surface area contributed by atoms with Crippen LogP contribution in [-0.2, 0) is 11.8 Å². The van der Waals surface area contributed by atoms with Gasteiger partial charge in [0.1, 0.15) is 5.60 Å². The standard InChI is InChI=1S/C34H42O/c1-8-27-13-15-29(16-14-27)32-20-19-31(24-26(32)7)34(11-4,12-5)30-18-17-28(25(6)23-30)21-22-33(35,9-2)10-3/h13-20,23-24,35H,8-12H2,1-7H3. The van der Waals surface area contributed by atoms with E-state index >= 15 is 0 Å². The highest BCUT2D eigenvalue weighted by Gasteiger charge is 2.31. The maximum Gasteiger partial charge on any atom is 0.125 e. The Morgan fingerprint density at radius 3 is 1.74 bits per heavy atom. The molecule has 0 fully saturated rings. The van der Waals surface area contributed by atoms with Crippen LogP contribution in [-0.4, -0.2) is 10.7 Å². The molecule has 0 spiro atoms. The summed E-state index contributed by atoms with van der Waals surface area (Å²) in [5, 5.41) is 10.6. The summed E-state index contributed by atoms with van der Waals surface area (Å²) in [4.78, 5) is 0. The van der Waals surface area contributed by atoms with Crippen LogP contribution in [0, 0.1) is 25.7 Å². The van der Waals surface area contributed by atoms with Crippen molar-refractivity contribution < 1.29 is 5.11 Å². The first-order valence-electron chi connectivity index (χ1n) is 13.3. The van der Waals surface area contributed by atoms with Crippen molar-refractivity contribution in [2.75, 3.05) is 0 Å². The predicted molar refractivity (Wildman–Crippen MR) is 151 cm³/mol. The van der Waals surface area contributed by atoms with E-state index in [4.69, 9.17) is 0 Å². The van der Waals surface area contributed by atoms with Crippen LogP contribution in [0.2, 0.25) is 0 Å². The van der Waals surface area contributed by atoms with Gasteiger partial charge < -0.3 is 5.11 Å². The van der Waals surface area contributed by atoms with E-state index in [0.29, 0.717) is 12.8 Å². The minimum atomic E-state index is -0.905. The maximum atomic E-state index is 10.6. The molecule has 3 aromatic carbocycles. The Bertz CT molecular complexity index is 1200. The van der Waals surface area contributed by atoms with Crippen LogP contribution >= 0.6 is 0 Å². The zero-order valence-electron chi connectivity index (χ0n) is 22.8. The van der Waals surface area contributed by atoms with E-state index in [1.165, 1.54) is 38.9 Å². The van der Waals surface area contributed by atoms with Gasteiger partial charge in [0.25, 0.3) is 0 Å². The largest absolute Gasteiger partial charge is 0.378 e. The summed E-state index contributed by atoms with van der Waals surface area (Å²) in [7, 11) is 0. The molecular weight excluding hydrogens is 424 g/mol. The van der Waals surface area contributed by atoms with Gasteiger partial charge in [0.2, 0.25) is 0 Å². The molecule has 184 valence electrons. The van der Waals surface area contributed by atoms with Gasteiger partial charge >= 0.3 is 0 Å². The summed E-state index contributed by atoms with van der Waals surface area (Å²) in [5.74, 6) is 6.37. The molecule has 0 saturated carbocycles. The molecule has 0 aromatic heterocycles. The van der Waals surface area contributed by atoms with Crippen molar-refractivity contribution in [1.82, 2.24) is 0 Å². The summed E-state index contributed by atoms with van der Waals surface area (Å²) in [6.07, 6.45) is 4.41. The Balaban J connectivity index is 2.01. The second-order valence-electron chi connectivity index (χ2n) is 9.89. The molecule has 1 heteroatoms. The van der Waals surface area contributed by atoms with Crippen molar-refractivity contribution in [1.29, 1.82) is 0 Å². The molecule has 1 nitrogen and oxygen atoms in total. The number of hydrogen-bond acceptors (Lipinski definition) is 1. The van der Waals surface area contributed by atoms with Gasteiger partial charge in [-0.25, -0.2) is 0 Å². The Morgan fingerprint density at radius 1 is 0.686 bits per heavy atom.